The van der Waals surface area contributed by atoms with Crippen LogP contribution in [0.4, 0.5) is 0 Å². The van der Waals surface area contributed by atoms with Gasteiger partial charge >= 0.3 is 0 Å². The maximum atomic E-state index is 5.85. The number of aromatic nitrogens is 2. The molecular formula is C26H35N3O. The Hall–Kier alpha value is -2.17. The highest BCUT2D eigenvalue weighted by Crippen LogP contribution is 2.31. The topological polar surface area (TPSA) is 30.3 Å². The summed E-state index contributed by atoms with van der Waals surface area (Å²) in [5.41, 5.74) is 3.78. The number of piperidine rings is 1. The Bertz CT molecular complexity index is 926. The highest BCUT2D eigenvalue weighted by atomic mass is 16.5. The lowest BCUT2D eigenvalue weighted by atomic mass is 9.94. The maximum absolute atomic E-state index is 5.85. The minimum atomic E-state index is 0.262. The highest BCUT2D eigenvalue weighted by molar-refractivity contribution is 5.76. The number of para-hydroxylation sites is 2. The van der Waals surface area contributed by atoms with Gasteiger partial charge in [-0.2, -0.15) is 0 Å². The average Bonchev–Trinajstić information content (AvgIpc) is 3.13. The van der Waals surface area contributed by atoms with Crippen molar-refractivity contribution in [1.82, 2.24) is 14.5 Å². The van der Waals surface area contributed by atoms with Crippen LogP contribution in [0, 0.1) is 0 Å². The van der Waals surface area contributed by atoms with Crippen molar-refractivity contribution in [1.29, 1.82) is 0 Å². The summed E-state index contributed by atoms with van der Waals surface area (Å²) >= 11 is 0. The number of fused-ring (bicyclic) bond motifs is 1. The molecule has 0 bridgehead atoms. The molecule has 2 aromatic carbocycles. The van der Waals surface area contributed by atoms with E-state index in [9.17, 15) is 0 Å². The van der Waals surface area contributed by atoms with Gasteiger partial charge in [-0.05, 0) is 63.4 Å². The monoisotopic (exact) mass is 405 g/mol. The molecule has 1 unspecified atom stereocenters. The predicted molar refractivity (Wildman–Crippen MR) is 124 cm³/mol. The summed E-state index contributed by atoms with van der Waals surface area (Å²) in [5, 5.41) is 0. The van der Waals surface area contributed by atoms with Crippen molar-refractivity contribution in [3.05, 3.63) is 66.0 Å². The standard InChI is InChI=1S/C26H35N3O/c1-20(2)30-18-17-29-25-12-8-7-11-24(25)27-26(29)23-13-15-28(16-14-23)19-21(3)22-9-5-4-6-10-22/h4-12,20-21,23H,13-19H2,1-3H3. The minimum Gasteiger partial charge on any atom is -0.377 e. The molecule has 160 valence electrons. The summed E-state index contributed by atoms with van der Waals surface area (Å²) < 4.78 is 8.26. The van der Waals surface area contributed by atoms with E-state index in [4.69, 9.17) is 9.72 Å². The number of ether oxygens (including phenoxy) is 1. The number of hydrogen-bond donors (Lipinski definition) is 0. The maximum Gasteiger partial charge on any atom is 0.113 e. The van der Waals surface area contributed by atoms with Crippen LogP contribution >= 0.6 is 0 Å². The van der Waals surface area contributed by atoms with Crippen LogP contribution in [0.5, 0.6) is 0 Å². The van der Waals surface area contributed by atoms with Crippen LogP contribution in [0.3, 0.4) is 0 Å². The molecule has 0 N–H and O–H groups in total. The first-order chi connectivity index (χ1) is 14.6. The second-order valence-electron chi connectivity index (χ2n) is 8.92. The third kappa shape index (κ3) is 4.93. The third-order valence-electron chi connectivity index (χ3n) is 6.30. The number of benzene rings is 2. The Morgan fingerprint density at radius 2 is 1.67 bits per heavy atom. The summed E-state index contributed by atoms with van der Waals surface area (Å²) in [4.78, 5) is 7.68. The fraction of sp³-hybridized carbons (Fsp3) is 0.500. The molecule has 4 nitrogen and oxygen atoms in total. The zero-order valence-electron chi connectivity index (χ0n) is 18.6. The van der Waals surface area contributed by atoms with Gasteiger partial charge in [0.1, 0.15) is 5.82 Å². The molecule has 1 fully saturated rings. The first-order valence-electron chi connectivity index (χ1n) is 11.5. The van der Waals surface area contributed by atoms with E-state index in [0.29, 0.717) is 11.8 Å². The molecule has 1 aliphatic heterocycles. The summed E-state index contributed by atoms with van der Waals surface area (Å²) in [5.74, 6) is 2.35. The zero-order valence-corrected chi connectivity index (χ0v) is 18.6. The molecule has 1 aliphatic rings. The lowest BCUT2D eigenvalue weighted by molar-refractivity contribution is 0.0724. The van der Waals surface area contributed by atoms with Crippen LogP contribution < -0.4 is 0 Å². The van der Waals surface area contributed by atoms with Crippen LogP contribution in [0.2, 0.25) is 0 Å². The first kappa shape index (κ1) is 21.1. The Balaban J connectivity index is 1.42. The van der Waals surface area contributed by atoms with Gasteiger partial charge in [-0.3, -0.25) is 0 Å². The lowest BCUT2D eigenvalue weighted by Crippen LogP contribution is -2.36. The SMILES string of the molecule is CC(C)OCCn1c(C2CCN(CC(C)c3ccccc3)CC2)nc2ccccc21. The normalized spacial score (nSPS) is 17.1. The van der Waals surface area contributed by atoms with E-state index < -0.39 is 0 Å². The van der Waals surface area contributed by atoms with Crippen molar-refractivity contribution in [3.63, 3.8) is 0 Å². The number of likely N-dealkylation sites (tertiary alicyclic amines) is 1. The van der Waals surface area contributed by atoms with Gasteiger partial charge in [-0.25, -0.2) is 4.98 Å². The fourth-order valence-corrected chi connectivity index (χ4v) is 4.67. The average molecular weight is 406 g/mol. The van der Waals surface area contributed by atoms with Crippen molar-refractivity contribution < 1.29 is 4.74 Å². The van der Waals surface area contributed by atoms with Gasteiger partial charge in [0, 0.05) is 19.0 Å². The minimum absolute atomic E-state index is 0.262. The number of rotatable bonds is 8. The molecule has 0 saturated carbocycles. The highest BCUT2D eigenvalue weighted by Gasteiger charge is 2.26. The quantitative estimate of drug-likeness (QED) is 0.500. The van der Waals surface area contributed by atoms with Crippen molar-refractivity contribution in [3.8, 4) is 0 Å². The zero-order chi connectivity index (χ0) is 20.9. The van der Waals surface area contributed by atoms with E-state index in [-0.39, 0.29) is 6.10 Å². The summed E-state index contributed by atoms with van der Waals surface area (Å²) in [6.07, 6.45) is 2.62. The van der Waals surface area contributed by atoms with E-state index >= 15 is 0 Å². The van der Waals surface area contributed by atoms with Crippen LogP contribution in [-0.4, -0.2) is 46.8 Å². The van der Waals surface area contributed by atoms with E-state index in [1.54, 1.807) is 0 Å². The Labute approximate surface area is 180 Å². The molecule has 2 heterocycles. The third-order valence-corrected chi connectivity index (χ3v) is 6.30. The summed E-state index contributed by atoms with van der Waals surface area (Å²) in [6, 6.07) is 19.4. The van der Waals surface area contributed by atoms with Gasteiger partial charge in [0.2, 0.25) is 0 Å². The molecule has 1 aromatic heterocycles. The second-order valence-corrected chi connectivity index (χ2v) is 8.92. The van der Waals surface area contributed by atoms with Gasteiger partial charge in [-0.15, -0.1) is 0 Å². The van der Waals surface area contributed by atoms with Gasteiger partial charge < -0.3 is 14.2 Å². The van der Waals surface area contributed by atoms with E-state index in [0.717, 1.165) is 38.3 Å². The molecule has 0 amide bonds. The van der Waals surface area contributed by atoms with Gasteiger partial charge in [0.15, 0.2) is 0 Å². The largest absolute Gasteiger partial charge is 0.377 e. The van der Waals surface area contributed by atoms with E-state index in [1.807, 2.05) is 0 Å². The van der Waals surface area contributed by atoms with Crippen molar-refractivity contribution in [2.24, 2.45) is 0 Å². The first-order valence-corrected chi connectivity index (χ1v) is 11.5. The molecular weight excluding hydrogens is 370 g/mol. The van der Waals surface area contributed by atoms with Crippen LogP contribution in [0.1, 0.15) is 56.8 Å². The van der Waals surface area contributed by atoms with Crippen molar-refractivity contribution in [2.45, 2.75) is 58.1 Å². The number of nitrogens with zero attached hydrogens (tertiary/aromatic N) is 3. The lowest BCUT2D eigenvalue weighted by Gasteiger charge is -2.33. The number of imidazole rings is 1. The van der Waals surface area contributed by atoms with Crippen molar-refractivity contribution in [2.75, 3.05) is 26.2 Å². The Morgan fingerprint density at radius 1 is 0.967 bits per heavy atom. The van der Waals surface area contributed by atoms with E-state index in [2.05, 4.69) is 84.8 Å². The molecule has 30 heavy (non-hydrogen) atoms. The molecule has 0 radical (unpaired) electrons. The van der Waals surface area contributed by atoms with E-state index in [1.165, 1.54) is 29.7 Å². The van der Waals surface area contributed by atoms with Gasteiger partial charge in [0.25, 0.3) is 0 Å². The van der Waals surface area contributed by atoms with Gasteiger partial charge in [-0.1, -0.05) is 49.4 Å². The predicted octanol–water partition coefficient (Wildman–Crippen LogP) is 5.44. The Kier molecular flexibility index (Phi) is 6.86. The molecule has 0 aliphatic carbocycles. The smallest absolute Gasteiger partial charge is 0.113 e. The molecule has 1 atom stereocenters. The summed E-state index contributed by atoms with van der Waals surface area (Å²) in [7, 11) is 0. The van der Waals surface area contributed by atoms with Crippen LogP contribution in [0.15, 0.2) is 54.6 Å². The van der Waals surface area contributed by atoms with Crippen molar-refractivity contribution >= 4 is 11.0 Å². The molecule has 4 rings (SSSR count). The number of hydrogen-bond acceptors (Lipinski definition) is 3. The van der Waals surface area contributed by atoms with Gasteiger partial charge in [0.05, 0.1) is 23.7 Å². The molecule has 0 spiro atoms. The molecule has 4 heteroatoms. The Morgan fingerprint density at radius 3 is 2.40 bits per heavy atom. The summed E-state index contributed by atoms with van der Waals surface area (Å²) in [6.45, 7) is 11.6. The fourth-order valence-electron chi connectivity index (χ4n) is 4.67. The molecule has 1 saturated heterocycles. The van der Waals surface area contributed by atoms with Crippen LogP contribution in [0.25, 0.3) is 11.0 Å². The van der Waals surface area contributed by atoms with Crippen LogP contribution in [-0.2, 0) is 11.3 Å². The second kappa shape index (κ2) is 9.76. The molecule has 3 aromatic rings.